The van der Waals surface area contributed by atoms with Crippen molar-refractivity contribution in [3.63, 3.8) is 0 Å². The number of likely N-dealkylation sites (tertiary alicyclic amines) is 1. The predicted octanol–water partition coefficient (Wildman–Crippen LogP) is 4.73. The summed E-state index contributed by atoms with van der Waals surface area (Å²) in [6, 6.07) is 5.00. The highest BCUT2D eigenvalue weighted by Gasteiger charge is 2.40. The van der Waals surface area contributed by atoms with Gasteiger partial charge in [-0.05, 0) is 60.4 Å². The molecule has 43 heavy (non-hydrogen) atoms. The number of rotatable bonds is 6. The molecule has 2 atom stereocenters. The van der Waals surface area contributed by atoms with Gasteiger partial charge in [0.25, 0.3) is 0 Å². The molecule has 0 radical (unpaired) electrons. The fourth-order valence-electron chi connectivity index (χ4n) is 5.39. The van der Waals surface area contributed by atoms with Crippen LogP contribution in [0, 0.1) is 18.7 Å². The maximum atomic E-state index is 13.9. The second kappa shape index (κ2) is 11.8. The maximum absolute atomic E-state index is 13.9. The van der Waals surface area contributed by atoms with Crippen molar-refractivity contribution in [1.82, 2.24) is 19.8 Å². The van der Waals surface area contributed by atoms with Crippen molar-refractivity contribution < 1.29 is 45.4 Å². The lowest BCUT2D eigenvalue weighted by atomic mass is 9.78. The molecule has 232 valence electrons. The third kappa shape index (κ3) is 7.20. The number of alkyl halides is 6. The lowest BCUT2D eigenvalue weighted by molar-refractivity contribution is -0.143. The van der Waals surface area contributed by atoms with E-state index in [1.54, 1.807) is 6.92 Å². The van der Waals surface area contributed by atoms with E-state index in [0.29, 0.717) is 23.3 Å². The van der Waals surface area contributed by atoms with Crippen LogP contribution in [0.4, 0.5) is 30.7 Å². The second-order valence-corrected chi connectivity index (χ2v) is 10.5. The zero-order valence-electron chi connectivity index (χ0n) is 22.9. The number of aromatic amines is 2. The minimum absolute atomic E-state index is 0.00818. The Morgan fingerprint density at radius 2 is 1.65 bits per heavy atom. The summed E-state index contributed by atoms with van der Waals surface area (Å²) in [6.45, 7) is 1.07. The molecule has 1 saturated heterocycles. The average Bonchev–Trinajstić information content (AvgIpc) is 3.22. The van der Waals surface area contributed by atoms with Gasteiger partial charge in [0.15, 0.2) is 0 Å². The van der Waals surface area contributed by atoms with Crippen LogP contribution < -0.4 is 5.69 Å². The molecule has 0 bridgehead atoms. The first-order chi connectivity index (χ1) is 19.9. The molecular formula is C28H27F7N4O4. The molecule has 3 aromatic rings. The predicted molar refractivity (Wildman–Crippen MR) is 138 cm³/mol. The van der Waals surface area contributed by atoms with Crippen LogP contribution in [-0.2, 0) is 34.9 Å². The molecule has 1 aliphatic heterocycles. The SMILES string of the molecule is Cc1cc(F)ccc1[C@@H]1CN(C(=O)Cc2[nH]c(=O)[nH]c2O)CC[C@H]1C(=O)N(C)Cc1cc(C(F)(F)F)cc(C(F)(F)F)c1. The van der Waals surface area contributed by atoms with E-state index in [2.05, 4.69) is 9.97 Å². The molecule has 4 rings (SSSR count). The van der Waals surface area contributed by atoms with Crippen LogP contribution in [0.5, 0.6) is 5.88 Å². The molecule has 15 heteroatoms. The van der Waals surface area contributed by atoms with Crippen LogP contribution in [0.15, 0.2) is 41.2 Å². The number of hydrogen-bond acceptors (Lipinski definition) is 4. The first-order valence-electron chi connectivity index (χ1n) is 13.0. The van der Waals surface area contributed by atoms with E-state index in [0.717, 1.165) is 4.90 Å². The number of hydrogen-bond donors (Lipinski definition) is 3. The molecule has 8 nitrogen and oxygen atoms in total. The molecule has 0 spiro atoms. The topological polar surface area (TPSA) is 110 Å². The van der Waals surface area contributed by atoms with Crippen LogP contribution in [0.3, 0.4) is 0 Å². The number of nitrogens with one attached hydrogen (secondary N) is 2. The second-order valence-electron chi connectivity index (χ2n) is 10.5. The van der Waals surface area contributed by atoms with Gasteiger partial charge in [0.05, 0.1) is 23.2 Å². The molecule has 1 aliphatic rings. The Kier molecular flexibility index (Phi) is 8.65. The van der Waals surface area contributed by atoms with Crippen molar-refractivity contribution in [1.29, 1.82) is 0 Å². The third-order valence-corrected chi connectivity index (χ3v) is 7.47. The van der Waals surface area contributed by atoms with E-state index in [-0.39, 0.29) is 43.3 Å². The van der Waals surface area contributed by atoms with E-state index >= 15 is 0 Å². The number of aryl methyl sites for hydroxylation is 1. The smallest absolute Gasteiger partial charge is 0.416 e. The van der Waals surface area contributed by atoms with Crippen LogP contribution in [0.2, 0.25) is 0 Å². The number of halogens is 7. The molecule has 1 aromatic heterocycles. The monoisotopic (exact) mass is 616 g/mol. The molecule has 3 N–H and O–H groups in total. The molecule has 0 saturated carbocycles. The van der Waals surface area contributed by atoms with E-state index < -0.39 is 71.1 Å². The van der Waals surface area contributed by atoms with Gasteiger partial charge >= 0.3 is 18.0 Å². The summed E-state index contributed by atoms with van der Waals surface area (Å²) in [7, 11) is 1.26. The van der Waals surface area contributed by atoms with Gasteiger partial charge < -0.3 is 19.9 Å². The van der Waals surface area contributed by atoms with Crippen molar-refractivity contribution in [2.24, 2.45) is 5.92 Å². The molecule has 0 unspecified atom stereocenters. The number of carbonyl (C=O) groups excluding carboxylic acids is 2. The standard InChI is InChI=1S/C28H27F7N4O4/c1-14-7-18(29)3-4-19(14)21-13-39(23(40)11-22-24(41)37-26(43)36-22)6-5-20(21)25(42)38(2)12-15-8-16(27(30,31)32)10-17(9-15)28(33,34)35/h3-4,7-10,20-21,41H,5-6,11-13H2,1-2H3,(H2,36,37,43)/t20-,21+/m1/s1. The molecule has 2 aromatic carbocycles. The first-order valence-corrected chi connectivity index (χ1v) is 13.0. The van der Waals surface area contributed by atoms with Gasteiger partial charge in [-0.25, -0.2) is 9.18 Å². The Labute approximate surface area is 240 Å². The summed E-state index contributed by atoms with van der Waals surface area (Å²) in [4.78, 5) is 45.0. The quantitative estimate of drug-likeness (QED) is 0.348. The number of aromatic nitrogens is 2. The molecule has 1 fully saturated rings. The van der Waals surface area contributed by atoms with Crippen LogP contribution in [0.1, 0.15) is 45.8 Å². The zero-order valence-corrected chi connectivity index (χ0v) is 22.9. The zero-order chi connectivity index (χ0) is 31.9. The van der Waals surface area contributed by atoms with E-state index in [9.17, 15) is 50.2 Å². The van der Waals surface area contributed by atoms with Crippen LogP contribution >= 0.6 is 0 Å². The maximum Gasteiger partial charge on any atom is 0.416 e. The molecular weight excluding hydrogens is 589 g/mol. The number of benzene rings is 2. The highest BCUT2D eigenvalue weighted by molar-refractivity contribution is 5.82. The summed E-state index contributed by atoms with van der Waals surface area (Å²) in [6.07, 6.45) is -10.4. The fourth-order valence-corrected chi connectivity index (χ4v) is 5.39. The number of piperidine rings is 1. The summed E-state index contributed by atoms with van der Waals surface area (Å²) < 4.78 is 94.0. The number of amides is 2. The number of aromatic hydroxyl groups is 1. The van der Waals surface area contributed by atoms with Gasteiger partial charge in [-0.3, -0.25) is 14.6 Å². The number of imidazole rings is 1. The van der Waals surface area contributed by atoms with Crippen LogP contribution in [-0.4, -0.2) is 56.8 Å². The first kappa shape index (κ1) is 31.6. The third-order valence-electron chi connectivity index (χ3n) is 7.47. The number of H-pyrrole nitrogens is 2. The van der Waals surface area contributed by atoms with Crippen molar-refractivity contribution >= 4 is 11.8 Å². The fraction of sp³-hybridized carbons (Fsp3) is 0.393. The Bertz CT molecular complexity index is 1550. The summed E-state index contributed by atoms with van der Waals surface area (Å²) in [5.74, 6) is -3.68. The lowest BCUT2D eigenvalue weighted by Gasteiger charge is -2.40. The van der Waals surface area contributed by atoms with Gasteiger partial charge in [0, 0.05) is 38.5 Å². The summed E-state index contributed by atoms with van der Waals surface area (Å²) >= 11 is 0. The van der Waals surface area contributed by atoms with Gasteiger partial charge in [0.2, 0.25) is 17.7 Å². The number of carbonyl (C=O) groups is 2. The van der Waals surface area contributed by atoms with Crippen LogP contribution in [0.25, 0.3) is 0 Å². The molecule has 2 heterocycles. The lowest BCUT2D eigenvalue weighted by Crippen LogP contribution is -2.48. The Morgan fingerprint density at radius 3 is 2.19 bits per heavy atom. The van der Waals surface area contributed by atoms with Gasteiger partial charge in [-0.15, -0.1) is 0 Å². The van der Waals surface area contributed by atoms with Crippen molar-refractivity contribution in [3.8, 4) is 5.88 Å². The van der Waals surface area contributed by atoms with E-state index in [1.807, 2.05) is 0 Å². The normalized spacial score (nSPS) is 17.7. The molecule has 2 amide bonds. The average molecular weight is 617 g/mol. The van der Waals surface area contributed by atoms with Crippen molar-refractivity contribution in [3.05, 3.63) is 86.2 Å². The largest absolute Gasteiger partial charge is 0.493 e. The highest BCUT2D eigenvalue weighted by Crippen LogP contribution is 2.38. The Hall–Kier alpha value is -4.30. The van der Waals surface area contributed by atoms with E-state index in [4.69, 9.17) is 0 Å². The van der Waals surface area contributed by atoms with Crippen molar-refractivity contribution in [2.75, 3.05) is 20.1 Å². The van der Waals surface area contributed by atoms with Gasteiger partial charge in [-0.1, -0.05) is 6.07 Å². The minimum Gasteiger partial charge on any atom is -0.493 e. The number of nitrogens with zero attached hydrogens (tertiary/aromatic N) is 2. The minimum atomic E-state index is -5.05. The van der Waals surface area contributed by atoms with Gasteiger partial charge in [-0.2, -0.15) is 26.3 Å². The summed E-state index contributed by atoms with van der Waals surface area (Å²) in [5.41, 5.74) is -3.13. The Balaban J connectivity index is 1.61. The van der Waals surface area contributed by atoms with Crippen molar-refractivity contribution in [2.45, 2.75) is 44.6 Å². The van der Waals surface area contributed by atoms with E-state index in [1.165, 1.54) is 30.1 Å². The van der Waals surface area contributed by atoms with Gasteiger partial charge in [0.1, 0.15) is 5.82 Å². The summed E-state index contributed by atoms with van der Waals surface area (Å²) in [5, 5.41) is 9.82. The molecule has 0 aliphatic carbocycles. The highest BCUT2D eigenvalue weighted by atomic mass is 19.4. The Morgan fingerprint density at radius 1 is 1.02 bits per heavy atom.